The Kier molecular flexibility index (Phi) is 3.26. The van der Waals surface area contributed by atoms with Crippen LogP contribution in [0.5, 0.6) is 0 Å². The molecular formula is C11H11BrN2O2. The lowest BCUT2D eigenvalue weighted by atomic mass is 10.1. The number of methoxy groups -OCH3 is 1. The molecule has 0 radical (unpaired) electrons. The molecule has 2 rings (SSSR count). The summed E-state index contributed by atoms with van der Waals surface area (Å²) in [6, 6.07) is 7.58. The number of halogens is 1. The van der Waals surface area contributed by atoms with Crippen molar-refractivity contribution in [2.45, 2.75) is 6.61 Å². The van der Waals surface area contributed by atoms with Gasteiger partial charge in [0.25, 0.3) is 0 Å². The van der Waals surface area contributed by atoms with Crippen molar-refractivity contribution in [2.75, 3.05) is 12.8 Å². The molecule has 0 aliphatic rings. The summed E-state index contributed by atoms with van der Waals surface area (Å²) in [6.45, 7) is 0.515. The molecule has 0 unspecified atom stereocenters. The minimum atomic E-state index is 0.307. The topological polar surface area (TPSA) is 61.3 Å². The number of nitrogen functional groups attached to an aromatic ring is 1. The Morgan fingerprint density at radius 1 is 1.44 bits per heavy atom. The van der Waals surface area contributed by atoms with Gasteiger partial charge in [-0.3, -0.25) is 0 Å². The van der Waals surface area contributed by atoms with Gasteiger partial charge in [-0.2, -0.15) is 0 Å². The van der Waals surface area contributed by atoms with E-state index in [1.165, 1.54) is 0 Å². The lowest BCUT2D eigenvalue weighted by Gasteiger charge is -2.06. The Balaban J connectivity index is 2.47. The molecule has 0 aliphatic carbocycles. The third kappa shape index (κ3) is 2.25. The molecule has 1 aromatic heterocycles. The molecule has 0 aliphatic heterocycles. The maximum absolute atomic E-state index is 5.50. The van der Waals surface area contributed by atoms with Crippen LogP contribution in [0.25, 0.3) is 11.3 Å². The Morgan fingerprint density at radius 2 is 2.25 bits per heavy atom. The van der Waals surface area contributed by atoms with Crippen LogP contribution in [-0.4, -0.2) is 12.3 Å². The van der Waals surface area contributed by atoms with Gasteiger partial charge in [0.1, 0.15) is 5.69 Å². The van der Waals surface area contributed by atoms with Crippen molar-refractivity contribution in [1.29, 1.82) is 0 Å². The van der Waals surface area contributed by atoms with Gasteiger partial charge in [0, 0.05) is 23.2 Å². The highest BCUT2D eigenvalue weighted by Gasteiger charge is 2.09. The van der Waals surface area contributed by atoms with E-state index in [9.17, 15) is 0 Å². The normalized spacial score (nSPS) is 10.6. The molecule has 1 heterocycles. The maximum Gasteiger partial charge on any atom is 0.222 e. The van der Waals surface area contributed by atoms with Crippen LogP contribution >= 0.6 is 15.9 Å². The summed E-state index contributed by atoms with van der Waals surface area (Å²) >= 11 is 3.42. The van der Waals surface area contributed by atoms with Gasteiger partial charge < -0.3 is 15.0 Å². The summed E-state index contributed by atoms with van der Waals surface area (Å²) < 4.78 is 11.0. The standard InChI is InChI=1S/C11H11BrN2O2/c1-15-6-7-4-8(12)2-3-9(7)10-5-11(13)16-14-10/h2-5H,6,13H2,1H3. The van der Waals surface area contributed by atoms with Gasteiger partial charge >= 0.3 is 0 Å². The zero-order valence-corrected chi connectivity index (χ0v) is 10.3. The van der Waals surface area contributed by atoms with Crippen molar-refractivity contribution in [2.24, 2.45) is 0 Å². The van der Waals surface area contributed by atoms with Gasteiger partial charge in [-0.05, 0) is 17.7 Å². The monoisotopic (exact) mass is 282 g/mol. The minimum Gasteiger partial charge on any atom is -0.380 e. The van der Waals surface area contributed by atoms with Gasteiger partial charge in [0.2, 0.25) is 5.88 Å². The van der Waals surface area contributed by atoms with Gasteiger partial charge in [-0.1, -0.05) is 27.2 Å². The van der Waals surface area contributed by atoms with Gasteiger partial charge in [0.15, 0.2) is 0 Å². The predicted octanol–water partition coefficient (Wildman–Crippen LogP) is 2.83. The number of nitrogens with two attached hydrogens (primary N) is 1. The van der Waals surface area contributed by atoms with Crippen LogP contribution in [0.3, 0.4) is 0 Å². The van der Waals surface area contributed by atoms with E-state index in [2.05, 4.69) is 21.1 Å². The van der Waals surface area contributed by atoms with Crippen molar-refractivity contribution in [3.63, 3.8) is 0 Å². The fraction of sp³-hybridized carbons (Fsp3) is 0.182. The number of anilines is 1. The molecule has 0 atom stereocenters. The minimum absolute atomic E-state index is 0.307. The summed E-state index contributed by atoms with van der Waals surface area (Å²) in [5.41, 5.74) is 8.22. The zero-order chi connectivity index (χ0) is 11.5. The van der Waals surface area contributed by atoms with Crippen LogP contribution in [-0.2, 0) is 11.3 Å². The quantitative estimate of drug-likeness (QED) is 0.940. The lowest BCUT2D eigenvalue weighted by molar-refractivity contribution is 0.185. The molecule has 0 fully saturated rings. The van der Waals surface area contributed by atoms with E-state index in [0.29, 0.717) is 12.5 Å². The third-order valence-electron chi connectivity index (χ3n) is 2.17. The van der Waals surface area contributed by atoms with Crippen LogP contribution in [0.1, 0.15) is 5.56 Å². The molecule has 2 aromatic rings. The number of aromatic nitrogens is 1. The Morgan fingerprint density at radius 3 is 2.88 bits per heavy atom. The maximum atomic E-state index is 5.50. The van der Waals surface area contributed by atoms with Gasteiger partial charge in [-0.25, -0.2) is 0 Å². The number of hydrogen-bond donors (Lipinski definition) is 1. The Bertz CT molecular complexity index is 496. The van der Waals surface area contributed by atoms with E-state index in [1.807, 2.05) is 18.2 Å². The summed E-state index contributed by atoms with van der Waals surface area (Å²) in [5, 5.41) is 3.89. The van der Waals surface area contributed by atoms with Crippen LogP contribution in [0, 0.1) is 0 Å². The summed E-state index contributed by atoms with van der Waals surface area (Å²) in [6.07, 6.45) is 0. The van der Waals surface area contributed by atoms with Crippen molar-refractivity contribution in [1.82, 2.24) is 5.16 Å². The molecule has 5 heteroatoms. The molecule has 1 aromatic carbocycles. The van der Waals surface area contributed by atoms with E-state index < -0.39 is 0 Å². The van der Waals surface area contributed by atoms with Crippen LogP contribution in [0.2, 0.25) is 0 Å². The average Bonchev–Trinajstić information content (AvgIpc) is 2.65. The summed E-state index contributed by atoms with van der Waals surface area (Å²) in [5.74, 6) is 0.307. The van der Waals surface area contributed by atoms with Crippen LogP contribution < -0.4 is 5.73 Å². The second-order valence-corrected chi connectivity index (χ2v) is 4.26. The molecule has 0 spiro atoms. The first-order chi connectivity index (χ1) is 7.70. The van der Waals surface area contributed by atoms with E-state index in [4.69, 9.17) is 15.0 Å². The highest BCUT2D eigenvalue weighted by molar-refractivity contribution is 9.10. The molecule has 16 heavy (non-hydrogen) atoms. The number of hydrogen-bond acceptors (Lipinski definition) is 4. The summed E-state index contributed by atoms with van der Waals surface area (Å²) in [4.78, 5) is 0. The van der Waals surface area contributed by atoms with Crippen molar-refractivity contribution < 1.29 is 9.26 Å². The van der Waals surface area contributed by atoms with E-state index in [-0.39, 0.29) is 0 Å². The molecular weight excluding hydrogens is 272 g/mol. The second kappa shape index (κ2) is 4.67. The molecule has 2 N–H and O–H groups in total. The third-order valence-corrected chi connectivity index (χ3v) is 2.66. The lowest BCUT2D eigenvalue weighted by Crippen LogP contribution is -1.92. The van der Waals surface area contributed by atoms with Crippen molar-refractivity contribution >= 4 is 21.8 Å². The number of benzene rings is 1. The van der Waals surface area contributed by atoms with Crippen molar-refractivity contribution in [3.05, 3.63) is 34.3 Å². The van der Waals surface area contributed by atoms with E-state index >= 15 is 0 Å². The van der Waals surface area contributed by atoms with E-state index in [0.717, 1.165) is 21.3 Å². The molecule has 4 nitrogen and oxygen atoms in total. The first-order valence-electron chi connectivity index (χ1n) is 4.70. The molecule has 84 valence electrons. The predicted molar refractivity (Wildman–Crippen MR) is 64.8 cm³/mol. The van der Waals surface area contributed by atoms with Crippen LogP contribution in [0.15, 0.2) is 33.3 Å². The Hall–Kier alpha value is -1.33. The second-order valence-electron chi connectivity index (χ2n) is 3.35. The van der Waals surface area contributed by atoms with Crippen molar-refractivity contribution in [3.8, 4) is 11.3 Å². The van der Waals surface area contributed by atoms with Crippen LogP contribution in [0.4, 0.5) is 5.88 Å². The Labute approximate surface area is 102 Å². The zero-order valence-electron chi connectivity index (χ0n) is 8.74. The number of nitrogens with zero attached hydrogens (tertiary/aromatic N) is 1. The highest BCUT2D eigenvalue weighted by atomic mass is 79.9. The summed E-state index contributed by atoms with van der Waals surface area (Å²) in [7, 11) is 1.65. The number of ether oxygens (including phenoxy) is 1. The van der Waals surface area contributed by atoms with E-state index in [1.54, 1.807) is 13.2 Å². The fourth-order valence-corrected chi connectivity index (χ4v) is 1.91. The van der Waals surface area contributed by atoms with Gasteiger partial charge in [-0.15, -0.1) is 0 Å². The van der Waals surface area contributed by atoms with Gasteiger partial charge in [0.05, 0.1) is 6.61 Å². The molecule has 0 bridgehead atoms. The number of rotatable bonds is 3. The molecule has 0 saturated heterocycles. The molecule has 0 saturated carbocycles. The smallest absolute Gasteiger partial charge is 0.222 e. The average molecular weight is 283 g/mol. The first kappa shape index (κ1) is 11.2. The largest absolute Gasteiger partial charge is 0.380 e. The highest BCUT2D eigenvalue weighted by Crippen LogP contribution is 2.27. The molecule has 0 amide bonds. The fourth-order valence-electron chi connectivity index (χ4n) is 1.50. The first-order valence-corrected chi connectivity index (χ1v) is 5.50. The SMILES string of the molecule is COCc1cc(Br)ccc1-c1cc(N)on1.